The van der Waals surface area contributed by atoms with Crippen LogP contribution >= 0.6 is 11.6 Å². The normalized spacial score (nSPS) is 21.6. The number of ether oxygens (including phenoxy) is 2. The summed E-state index contributed by atoms with van der Waals surface area (Å²) in [5.41, 5.74) is -0.468. The second-order valence-corrected chi connectivity index (χ2v) is 8.14. The average molecular weight is 456 g/mol. The highest BCUT2D eigenvalue weighted by molar-refractivity contribution is 6.30. The van der Waals surface area contributed by atoms with Gasteiger partial charge in [-0.1, -0.05) is 38.1 Å². The number of nitrogens with zero attached hydrogens (tertiary/aromatic N) is 1. The van der Waals surface area contributed by atoms with E-state index in [1.54, 1.807) is 13.8 Å². The smallest absolute Gasteiger partial charge is 0.426 e. The molecule has 0 aromatic heterocycles. The fraction of sp³-hybridized carbons (Fsp3) is 0.364. The van der Waals surface area contributed by atoms with Crippen LogP contribution in [0.4, 0.5) is 13.2 Å². The second-order valence-electron chi connectivity index (χ2n) is 7.73. The molecule has 0 amide bonds. The summed E-state index contributed by atoms with van der Waals surface area (Å²) >= 11 is 5.29. The average Bonchev–Trinajstić information content (AvgIpc) is 3.20. The predicted octanol–water partition coefficient (Wildman–Crippen LogP) is 5.62. The van der Waals surface area contributed by atoms with Crippen molar-refractivity contribution in [1.82, 2.24) is 0 Å². The van der Waals surface area contributed by atoms with E-state index < -0.39 is 40.5 Å². The van der Waals surface area contributed by atoms with Crippen LogP contribution in [0.5, 0.6) is 11.5 Å². The van der Waals surface area contributed by atoms with E-state index in [0.717, 1.165) is 6.08 Å². The molecule has 0 heterocycles. The van der Waals surface area contributed by atoms with Gasteiger partial charge < -0.3 is 14.6 Å². The molecule has 9 heteroatoms. The van der Waals surface area contributed by atoms with Gasteiger partial charge in [0, 0.05) is 0 Å². The number of aromatic hydroxyl groups is 1. The van der Waals surface area contributed by atoms with Gasteiger partial charge in [-0.25, -0.2) is 0 Å². The molecule has 3 atom stereocenters. The lowest BCUT2D eigenvalue weighted by molar-refractivity contribution is -0.147. The minimum absolute atomic E-state index is 0.0637. The summed E-state index contributed by atoms with van der Waals surface area (Å²) < 4.78 is 48.8. The Balaban J connectivity index is 2.05. The molecule has 1 aliphatic carbocycles. The number of esters is 1. The molecule has 1 unspecified atom stereocenters. The van der Waals surface area contributed by atoms with E-state index in [4.69, 9.17) is 21.1 Å². The second kappa shape index (κ2) is 9.06. The zero-order valence-electron chi connectivity index (χ0n) is 17.0. The zero-order chi connectivity index (χ0) is 23.6. The van der Waals surface area contributed by atoms with E-state index in [-0.39, 0.29) is 11.5 Å². The number of nitriles is 1. The van der Waals surface area contributed by atoms with Crippen molar-refractivity contribution >= 4 is 17.6 Å². The number of allylic oxidation sites excluding steroid dienone is 3. The van der Waals surface area contributed by atoms with E-state index >= 15 is 0 Å². The molecule has 31 heavy (non-hydrogen) atoms. The number of hydrogen-bond acceptors (Lipinski definition) is 5. The molecule has 1 aromatic carbocycles. The molecule has 5 nitrogen and oxygen atoms in total. The Morgan fingerprint density at radius 1 is 1.35 bits per heavy atom. The molecule has 2 rings (SSSR count). The Hall–Kier alpha value is -2.92. The first kappa shape index (κ1) is 24.4. The van der Waals surface area contributed by atoms with E-state index in [2.05, 4.69) is 6.58 Å². The molecule has 166 valence electrons. The SMILES string of the molecule is C=C(/C=C(\C)C(C#N)OC(=O)[C@H]1[C@@H](/C=C(\Cl)C(F)(F)F)C1(C)C)Oc1ccc(O)cc1. The Morgan fingerprint density at radius 2 is 1.94 bits per heavy atom. The predicted molar refractivity (Wildman–Crippen MR) is 108 cm³/mol. The van der Waals surface area contributed by atoms with Gasteiger partial charge in [-0.15, -0.1) is 0 Å². The molecular formula is C22H21ClF3NO4. The molecule has 1 aliphatic rings. The molecule has 1 aromatic rings. The van der Waals surface area contributed by atoms with Gasteiger partial charge in [0.1, 0.15) is 28.4 Å². The monoisotopic (exact) mass is 455 g/mol. The van der Waals surface area contributed by atoms with Gasteiger partial charge in [0.25, 0.3) is 0 Å². The Labute approximate surface area is 183 Å². The van der Waals surface area contributed by atoms with Crippen molar-refractivity contribution in [2.24, 2.45) is 17.3 Å². The largest absolute Gasteiger partial charge is 0.508 e. The standard InChI is InChI=1S/C22H21ClF3NO4/c1-12(9-13(2)30-15-7-5-14(28)6-8-15)17(11-27)31-20(29)19-16(21(19,3)4)10-18(23)22(24,25)26/h5-10,16-17,19,28H,2H2,1,3-4H3/b12-9+,18-10-/t16-,17?,19-/m1/s1. The third-order valence-electron chi connectivity index (χ3n) is 5.00. The van der Waals surface area contributed by atoms with Crippen molar-refractivity contribution in [3.8, 4) is 17.6 Å². The maximum absolute atomic E-state index is 12.7. The van der Waals surface area contributed by atoms with Gasteiger partial charge in [-0.05, 0) is 54.2 Å². The summed E-state index contributed by atoms with van der Waals surface area (Å²) in [5.74, 6) is -1.79. The summed E-state index contributed by atoms with van der Waals surface area (Å²) in [5, 5.41) is 17.4. The molecule has 0 bridgehead atoms. The molecular weight excluding hydrogens is 435 g/mol. The molecule has 1 N–H and O–H groups in total. The topological polar surface area (TPSA) is 79.5 Å². The number of alkyl halides is 3. The summed E-state index contributed by atoms with van der Waals surface area (Å²) in [6, 6.07) is 7.71. The molecule has 0 saturated heterocycles. The zero-order valence-corrected chi connectivity index (χ0v) is 17.8. The van der Waals surface area contributed by atoms with Crippen LogP contribution in [-0.2, 0) is 9.53 Å². The minimum atomic E-state index is -4.69. The van der Waals surface area contributed by atoms with Crippen LogP contribution in [0.1, 0.15) is 20.8 Å². The van der Waals surface area contributed by atoms with Gasteiger partial charge in [-0.2, -0.15) is 18.4 Å². The molecule has 0 aliphatic heterocycles. The lowest BCUT2D eigenvalue weighted by atomic mass is 10.1. The number of phenols is 1. The van der Waals surface area contributed by atoms with Crippen LogP contribution in [0, 0.1) is 28.6 Å². The van der Waals surface area contributed by atoms with E-state index in [9.17, 15) is 28.3 Å². The van der Waals surface area contributed by atoms with Gasteiger partial charge in [0.05, 0.1) is 5.92 Å². The van der Waals surface area contributed by atoms with E-state index in [1.165, 1.54) is 37.3 Å². The number of halogens is 4. The number of carbonyl (C=O) groups is 1. The quantitative estimate of drug-likeness (QED) is 0.328. The Bertz CT molecular complexity index is 958. The van der Waals surface area contributed by atoms with Crippen LogP contribution in [0.3, 0.4) is 0 Å². The number of phenolic OH excluding ortho intramolecular Hbond substituents is 1. The number of rotatable bonds is 7. The number of carbonyl (C=O) groups excluding carboxylic acids is 1. The third kappa shape index (κ3) is 6.05. The maximum Gasteiger partial charge on any atom is 0.426 e. The highest BCUT2D eigenvalue weighted by atomic mass is 35.5. The van der Waals surface area contributed by atoms with Crippen LogP contribution in [0.2, 0.25) is 0 Å². The highest BCUT2D eigenvalue weighted by Crippen LogP contribution is 2.60. The molecule has 1 saturated carbocycles. The Morgan fingerprint density at radius 3 is 2.45 bits per heavy atom. The van der Waals surface area contributed by atoms with Crippen molar-refractivity contribution in [3.63, 3.8) is 0 Å². The van der Waals surface area contributed by atoms with Gasteiger partial charge in [0.2, 0.25) is 6.10 Å². The van der Waals surface area contributed by atoms with Crippen LogP contribution in [0.15, 0.2) is 59.4 Å². The van der Waals surface area contributed by atoms with Crippen LogP contribution < -0.4 is 4.74 Å². The first-order valence-electron chi connectivity index (χ1n) is 9.16. The van der Waals surface area contributed by atoms with E-state index in [1.807, 2.05) is 6.07 Å². The minimum Gasteiger partial charge on any atom is -0.508 e. The maximum atomic E-state index is 12.7. The van der Waals surface area contributed by atoms with Gasteiger partial charge in [-0.3, -0.25) is 4.79 Å². The lowest BCUT2D eigenvalue weighted by Crippen LogP contribution is -2.21. The van der Waals surface area contributed by atoms with Crippen molar-refractivity contribution in [3.05, 3.63) is 59.4 Å². The number of hydrogen-bond donors (Lipinski definition) is 1. The van der Waals surface area contributed by atoms with Crippen molar-refractivity contribution < 1.29 is 32.5 Å². The van der Waals surface area contributed by atoms with Crippen LogP contribution in [-0.4, -0.2) is 23.4 Å². The van der Waals surface area contributed by atoms with Crippen LogP contribution in [0.25, 0.3) is 0 Å². The van der Waals surface area contributed by atoms with Crippen molar-refractivity contribution in [1.29, 1.82) is 5.26 Å². The molecule has 0 spiro atoms. The number of benzene rings is 1. The summed E-state index contributed by atoms with van der Waals surface area (Å²) in [7, 11) is 0. The summed E-state index contributed by atoms with van der Waals surface area (Å²) in [6.07, 6.45) is -3.75. The van der Waals surface area contributed by atoms with Crippen molar-refractivity contribution in [2.45, 2.75) is 33.1 Å². The third-order valence-corrected chi connectivity index (χ3v) is 5.34. The van der Waals surface area contributed by atoms with Crippen molar-refractivity contribution in [2.75, 3.05) is 0 Å². The van der Waals surface area contributed by atoms with E-state index in [0.29, 0.717) is 11.3 Å². The van der Waals surface area contributed by atoms with Gasteiger partial charge in [0.15, 0.2) is 0 Å². The summed E-state index contributed by atoms with van der Waals surface area (Å²) in [4.78, 5) is 12.5. The first-order chi connectivity index (χ1) is 14.3. The van der Waals surface area contributed by atoms with Gasteiger partial charge >= 0.3 is 12.1 Å². The fourth-order valence-corrected chi connectivity index (χ4v) is 3.26. The fourth-order valence-electron chi connectivity index (χ4n) is 3.13. The summed E-state index contributed by atoms with van der Waals surface area (Å²) in [6.45, 7) is 8.48. The molecule has 1 fully saturated rings. The highest BCUT2D eigenvalue weighted by Gasteiger charge is 2.62. The molecule has 0 radical (unpaired) electrons. The first-order valence-corrected chi connectivity index (χ1v) is 9.53. The lowest BCUT2D eigenvalue weighted by Gasteiger charge is -2.13. The Kier molecular flexibility index (Phi) is 7.12.